The maximum atomic E-state index is 6.72. The molecule has 11 aromatic rings. The number of para-hydroxylation sites is 1. The van der Waals surface area contributed by atoms with Gasteiger partial charge >= 0.3 is 0 Å². The summed E-state index contributed by atoms with van der Waals surface area (Å²) in [5.41, 5.74) is 13.5. The first-order valence-corrected chi connectivity index (χ1v) is 19.8. The van der Waals surface area contributed by atoms with Crippen molar-refractivity contribution in [3.8, 4) is 78.7 Å². The topological polar surface area (TPSA) is 51.8 Å². The number of furan rings is 1. The van der Waals surface area contributed by atoms with Gasteiger partial charge in [-0.15, -0.1) is 0 Å². The lowest BCUT2D eigenvalue weighted by Crippen LogP contribution is -2.01. The van der Waals surface area contributed by atoms with Gasteiger partial charge in [-0.3, -0.25) is 0 Å². The van der Waals surface area contributed by atoms with E-state index in [2.05, 4.69) is 188 Å². The van der Waals surface area contributed by atoms with E-state index in [0.717, 1.165) is 71.7 Å². The Bertz CT molecular complexity index is 3280. The Kier molecular flexibility index (Phi) is 8.45. The van der Waals surface area contributed by atoms with Gasteiger partial charge in [0.25, 0.3) is 0 Å². The highest BCUT2D eigenvalue weighted by atomic mass is 16.3. The summed E-state index contributed by atoms with van der Waals surface area (Å²) in [7, 11) is 0. The minimum atomic E-state index is 0.587. The number of aromatic nitrogens is 3. The zero-order valence-corrected chi connectivity index (χ0v) is 32.0. The smallest absolute Gasteiger partial charge is 0.164 e. The van der Waals surface area contributed by atoms with Gasteiger partial charge in [-0.05, 0) is 55.8 Å². The van der Waals surface area contributed by atoms with Crippen molar-refractivity contribution in [3.63, 3.8) is 0 Å². The Morgan fingerprint density at radius 1 is 0.271 bits per heavy atom. The van der Waals surface area contributed by atoms with Crippen LogP contribution in [0.5, 0.6) is 0 Å². The minimum absolute atomic E-state index is 0.587. The molecular weight excluding hydrogens is 719 g/mol. The van der Waals surface area contributed by atoms with Crippen LogP contribution in [0.15, 0.2) is 217 Å². The standard InChI is InChI=1S/C55H35N3O/c1-3-12-36(13-4-1)38-24-26-40(27-25-38)41-30-34-44(35-31-41)53-56-54(47-20-9-17-42-16-7-8-18-45(42)47)58-55(57-53)49-22-11-23-50-51(49)48-21-10-19-46(52(48)59-50)43-32-28-39(29-33-43)37-14-5-2-6-15-37/h1-35H. The van der Waals surface area contributed by atoms with Crippen molar-refractivity contribution < 1.29 is 4.42 Å². The van der Waals surface area contributed by atoms with E-state index >= 15 is 0 Å². The Labute approximate surface area is 341 Å². The Morgan fingerprint density at radius 3 is 1.34 bits per heavy atom. The second kappa shape index (κ2) is 14.5. The van der Waals surface area contributed by atoms with E-state index in [1.54, 1.807) is 0 Å². The van der Waals surface area contributed by atoms with Gasteiger partial charge in [-0.25, -0.2) is 15.0 Å². The number of hydrogen-bond acceptors (Lipinski definition) is 4. The SMILES string of the molecule is c1ccc(-c2ccc(-c3ccc(-c4nc(-c5cccc6ccccc56)nc(-c5cccc6oc7c(-c8ccc(-c9ccccc9)cc8)cccc7c56)n4)cc3)cc2)cc1. The van der Waals surface area contributed by atoms with Crippen LogP contribution in [-0.2, 0) is 0 Å². The van der Waals surface area contributed by atoms with Gasteiger partial charge < -0.3 is 4.42 Å². The van der Waals surface area contributed by atoms with Gasteiger partial charge in [0.05, 0.1) is 0 Å². The molecule has 0 saturated heterocycles. The summed E-state index contributed by atoms with van der Waals surface area (Å²) >= 11 is 0. The Hall–Kier alpha value is -7.95. The van der Waals surface area contributed by atoms with Crippen molar-refractivity contribution in [1.29, 1.82) is 0 Å². The average Bonchev–Trinajstić information content (AvgIpc) is 3.71. The lowest BCUT2D eigenvalue weighted by molar-refractivity contribution is 0.670. The minimum Gasteiger partial charge on any atom is -0.455 e. The molecule has 0 unspecified atom stereocenters. The summed E-state index contributed by atoms with van der Waals surface area (Å²) in [6.07, 6.45) is 0. The van der Waals surface area contributed by atoms with Crippen molar-refractivity contribution in [2.75, 3.05) is 0 Å². The maximum absolute atomic E-state index is 6.72. The van der Waals surface area contributed by atoms with Crippen LogP contribution in [0.4, 0.5) is 0 Å². The molecule has 0 N–H and O–H groups in total. The van der Waals surface area contributed by atoms with Gasteiger partial charge in [-0.1, -0.05) is 206 Å². The third-order valence-corrected chi connectivity index (χ3v) is 11.2. The molecule has 59 heavy (non-hydrogen) atoms. The number of benzene rings is 9. The van der Waals surface area contributed by atoms with Crippen molar-refractivity contribution in [1.82, 2.24) is 15.0 Å². The molecule has 0 aliphatic heterocycles. The zero-order valence-electron chi connectivity index (χ0n) is 32.0. The van der Waals surface area contributed by atoms with Gasteiger partial charge in [0.15, 0.2) is 17.5 Å². The largest absolute Gasteiger partial charge is 0.455 e. The lowest BCUT2D eigenvalue weighted by atomic mass is 9.98. The van der Waals surface area contributed by atoms with Crippen LogP contribution in [0.2, 0.25) is 0 Å². The first kappa shape index (κ1) is 34.3. The molecule has 0 saturated carbocycles. The molecule has 0 amide bonds. The first-order chi connectivity index (χ1) is 29.2. The van der Waals surface area contributed by atoms with Crippen LogP contribution >= 0.6 is 0 Å². The van der Waals surface area contributed by atoms with E-state index in [1.807, 2.05) is 24.3 Å². The van der Waals surface area contributed by atoms with E-state index in [4.69, 9.17) is 19.4 Å². The van der Waals surface area contributed by atoms with Crippen LogP contribution < -0.4 is 0 Å². The van der Waals surface area contributed by atoms with E-state index in [9.17, 15) is 0 Å². The molecule has 4 nitrogen and oxygen atoms in total. The highest BCUT2D eigenvalue weighted by Gasteiger charge is 2.20. The molecule has 4 heteroatoms. The summed E-state index contributed by atoms with van der Waals surface area (Å²) in [4.78, 5) is 15.6. The molecule has 0 fully saturated rings. The third-order valence-electron chi connectivity index (χ3n) is 11.2. The number of hydrogen-bond donors (Lipinski definition) is 0. The van der Waals surface area contributed by atoms with Crippen molar-refractivity contribution in [2.45, 2.75) is 0 Å². The fourth-order valence-corrected chi connectivity index (χ4v) is 8.20. The van der Waals surface area contributed by atoms with Crippen LogP contribution in [0.1, 0.15) is 0 Å². The Morgan fingerprint density at radius 2 is 0.695 bits per heavy atom. The van der Waals surface area contributed by atoms with E-state index in [0.29, 0.717) is 17.5 Å². The molecule has 0 aliphatic rings. The van der Waals surface area contributed by atoms with Crippen molar-refractivity contribution in [2.24, 2.45) is 0 Å². The molecule has 0 spiro atoms. The highest BCUT2D eigenvalue weighted by Crippen LogP contribution is 2.41. The van der Waals surface area contributed by atoms with Gasteiger partial charge in [-0.2, -0.15) is 0 Å². The third kappa shape index (κ3) is 6.34. The van der Waals surface area contributed by atoms with E-state index < -0.39 is 0 Å². The number of rotatable bonds is 7. The molecule has 2 heterocycles. The number of nitrogens with zero attached hydrogens (tertiary/aromatic N) is 3. The number of fused-ring (bicyclic) bond motifs is 4. The van der Waals surface area contributed by atoms with Crippen LogP contribution in [-0.4, -0.2) is 15.0 Å². The quantitative estimate of drug-likeness (QED) is 0.163. The zero-order chi connectivity index (χ0) is 39.1. The molecule has 9 aromatic carbocycles. The molecule has 2 aromatic heterocycles. The second-order valence-corrected chi connectivity index (χ2v) is 14.8. The maximum Gasteiger partial charge on any atom is 0.164 e. The van der Waals surface area contributed by atoms with Crippen LogP contribution in [0.25, 0.3) is 111 Å². The summed E-state index contributed by atoms with van der Waals surface area (Å²) in [6.45, 7) is 0. The summed E-state index contributed by atoms with van der Waals surface area (Å²) < 4.78 is 6.72. The fourth-order valence-electron chi connectivity index (χ4n) is 8.20. The van der Waals surface area contributed by atoms with Crippen molar-refractivity contribution in [3.05, 3.63) is 212 Å². The first-order valence-electron chi connectivity index (χ1n) is 19.8. The van der Waals surface area contributed by atoms with Crippen LogP contribution in [0, 0.1) is 0 Å². The van der Waals surface area contributed by atoms with Gasteiger partial charge in [0.1, 0.15) is 11.2 Å². The Balaban J connectivity index is 1.03. The summed E-state index contributed by atoms with van der Waals surface area (Å²) in [5, 5.41) is 4.20. The fraction of sp³-hybridized carbons (Fsp3) is 0. The molecule has 0 aliphatic carbocycles. The predicted octanol–water partition coefficient (Wildman–Crippen LogP) is 14.6. The molecule has 276 valence electrons. The van der Waals surface area contributed by atoms with E-state index in [-0.39, 0.29) is 0 Å². The molecule has 0 radical (unpaired) electrons. The highest BCUT2D eigenvalue weighted by molar-refractivity contribution is 6.15. The molecule has 0 bridgehead atoms. The van der Waals surface area contributed by atoms with Gasteiger partial charge in [0.2, 0.25) is 0 Å². The summed E-state index contributed by atoms with van der Waals surface area (Å²) in [6, 6.07) is 74.0. The summed E-state index contributed by atoms with van der Waals surface area (Å²) in [5.74, 6) is 1.81. The molecular formula is C55H35N3O. The lowest BCUT2D eigenvalue weighted by Gasteiger charge is -2.11. The second-order valence-electron chi connectivity index (χ2n) is 14.8. The monoisotopic (exact) mass is 753 g/mol. The van der Waals surface area contributed by atoms with Crippen molar-refractivity contribution >= 4 is 32.7 Å². The van der Waals surface area contributed by atoms with E-state index in [1.165, 1.54) is 22.3 Å². The normalized spacial score (nSPS) is 11.4. The molecule has 0 atom stereocenters. The average molecular weight is 754 g/mol. The van der Waals surface area contributed by atoms with Gasteiger partial charge in [0, 0.05) is 33.0 Å². The molecule has 11 rings (SSSR count). The predicted molar refractivity (Wildman–Crippen MR) is 243 cm³/mol. The van der Waals surface area contributed by atoms with Crippen LogP contribution in [0.3, 0.4) is 0 Å².